The van der Waals surface area contributed by atoms with Crippen molar-refractivity contribution in [2.45, 2.75) is 84.0 Å². The summed E-state index contributed by atoms with van der Waals surface area (Å²) >= 11 is 0. The van der Waals surface area contributed by atoms with Crippen LogP contribution in [0.1, 0.15) is 84.0 Å². The normalized spacial score (nSPS) is 9.12. The fourth-order valence-corrected chi connectivity index (χ4v) is 2.36. The Morgan fingerprint density at radius 3 is 1.88 bits per heavy atom. The van der Waals surface area contributed by atoms with Crippen LogP contribution in [0.4, 0.5) is 0 Å². The fraction of sp³-hybridized carbons (Fsp3) is 0.833. The molecule has 0 unspecified atom stereocenters. The van der Waals surface area contributed by atoms with Gasteiger partial charge in [0, 0.05) is 19.5 Å². The van der Waals surface area contributed by atoms with Gasteiger partial charge in [-0.2, -0.15) is 9.59 Å². The number of carbonyl (C=O) groups is 1. The molecule has 0 heterocycles. The predicted molar refractivity (Wildman–Crippen MR) is 107 cm³/mol. The number of nitrogens with one attached hydrogen (secondary N) is 1. The third kappa shape index (κ3) is 30.3. The van der Waals surface area contributed by atoms with Gasteiger partial charge >= 0.3 is 6.15 Å². The van der Waals surface area contributed by atoms with E-state index in [9.17, 15) is 4.79 Å². The van der Waals surface area contributed by atoms with E-state index < -0.39 is 0 Å². The summed E-state index contributed by atoms with van der Waals surface area (Å²) in [5.74, 6) is 0.305. The molecule has 0 saturated heterocycles. The molecule has 0 fully saturated rings. The molecule has 0 aromatic heterocycles. The lowest BCUT2D eigenvalue weighted by Gasteiger charge is -2.05. The second-order valence-electron chi connectivity index (χ2n) is 6.03. The van der Waals surface area contributed by atoms with Crippen molar-refractivity contribution in [2.75, 3.05) is 13.1 Å². The van der Waals surface area contributed by atoms with Crippen LogP contribution in [0.25, 0.3) is 0 Å². The molecule has 0 aromatic carbocycles. The smallest absolute Gasteiger partial charge is 0.370 e. The number of nitrogens with zero attached hydrogens (tertiary/aromatic N) is 1. The summed E-state index contributed by atoms with van der Waals surface area (Å²) in [5.41, 5.74) is 10.5. The van der Waals surface area contributed by atoms with E-state index >= 15 is 0 Å². The molecule has 0 atom stereocenters. The van der Waals surface area contributed by atoms with E-state index in [1.54, 1.807) is 0 Å². The van der Waals surface area contributed by atoms with Crippen LogP contribution < -0.4 is 16.8 Å². The maximum Gasteiger partial charge on any atom is 0.373 e. The number of hydrogen-bond acceptors (Lipinski definition) is 4. The molecule has 26 heavy (non-hydrogen) atoms. The molecule has 7 nitrogen and oxygen atoms in total. The van der Waals surface area contributed by atoms with Gasteiger partial charge < -0.3 is 16.8 Å². The zero-order valence-corrected chi connectivity index (χ0v) is 17.0. The highest BCUT2D eigenvalue weighted by Crippen LogP contribution is 2.10. The summed E-state index contributed by atoms with van der Waals surface area (Å²) in [6.07, 6.45) is 14.3. The highest BCUT2D eigenvalue weighted by Gasteiger charge is 2.00. The average Bonchev–Trinajstić information content (AvgIpc) is 2.57. The van der Waals surface area contributed by atoms with Crippen LogP contribution in [0, 0.1) is 0 Å². The lowest BCUT2D eigenvalue weighted by atomic mass is 10.1. The van der Waals surface area contributed by atoms with Gasteiger partial charge in [0.2, 0.25) is 5.91 Å². The Morgan fingerprint density at radius 2 is 1.38 bits per heavy atom. The highest BCUT2D eigenvalue weighted by molar-refractivity contribution is 5.85. The van der Waals surface area contributed by atoms with Gasteiger partial charge in [0.05, 0.1) is 0 Å². The first-order valence-electron chi connectivity index (χ1n) is 9.39. The number of nitrogens with two attached hydrogens (primary N) is 2. The summed E-state index contributed by atoms with van der Waals surface area (Å²) in [5, 5.41) is 2.95. The maximum absolute atomic E-state index is 11.6. The Hall–Kier alpha value is -1.59. The van der Waals surface area contributed by atoms with Crippen molar-refractivity contribution in [1.82, 2.24) is 5.32 Å². The zero-order valence-electron chi connectivity index (χ0n) is 16.1. The van der Waals surface area contributed by atoms with Crippen molar-refractivity contribution in [3.8, 4) is 0 Å². The Balaban J connectivity index is -0.00000123. The van der Waals surface area contributed by atoms with Crippen LogP contribution >= 0.6 is 12.4 Å². The summed E-state index contributed by atoms with van der Waals surface area (Å²) < 4.78 is 0. The Bertz CT molecular complexity index is 369. The van der Waals surface area contributed by atoms with Crippen molar-refractivity contribution in [3.05, 3.63) is 0 Å². The molecule has 5 N–H and O–H groups in total. The molecule has 8 heteroatoms. The van der Waals surface area contributed by atoms with E-state index in [2.05, 4.69) is 17.2 Å². The second-order valence-corrected chi connectivity index (χ2v) is 6.03. The summed E-state index contributed by atoms with van der Waals surface area (Å²) in [6.45, 7) is 3.60. The second kappa shape index (κ2) is 25.6. The zero-order chi connectivity index (χ0) is 19.2. The number of aliphatic imine (C=N–C) groups is 1. The standard InChI is InChI=1S/C17H36N4O.CO2.ClH/c1-2-3-4-5-6-7-8-9-10-13-16(22)20-14-11-12-15-21-17(18)19;2-1-3;/h2-15H2,1H3,(H,20,22)(H4,18,19,21);;1H. The molecule has 0 spiro atoms. The minimum atomic E-state index is 0. The van der Waals surface area contributed by atoms with E-state index in [0.717, 1.165) is 25.8 Å². The van der Waals surface area contributed by atoms with Crippen molar-refractivity contribution in [2.24, 2.45) is 16.5 Å². The molecule has 0 radical (unpaired) electrons. The van der Waals surface area contributed by atoms with Crippen LogP contribution in [0.2, 0.25) is 0 Å². The summed E-state index contributed by atoms with van der Waals surface area (Å²) in [4.78, 5) is 31.8. The van der Waals surface area contributed by atoms with Crippen molar-refractivity contribution in [1.29, 1.82) is 0 Å². The van der Waals surface area contributed by atoms with Gasteiger partial charge in [-0.1, -0.05) is 58.3 Å². The maximum atomic E-state index is 11.6. The van der Waals surface area contributed by atoms with Gasteiger partial charge in [0.25, 0.3) is 0 Å². The largest absolute Gasteiger partial charge is 0.373 e. The summed E-state index contributed by atoms with van der Waals surface area (Å²) in [6, 6.07) is 0. The first-order valence-corrected chi connectivity index (χ1v) is 9.39. The van der Waals surface area contributed by atoms with Crippen LogP contribution in [-0.2, 0) is 14.4 Å². The van der Waals surface area contributed by atoms with E-state index in [1.165, 1.54) is 51.4 Å². The topological polar surface area (TPSA) is 128 Å². The van der Waals surface area contributed by atoms with Crippen LogP contribution in [-0.4, -0.2) is 31.1 Å². The molecule has 0 aliphatic rings. The molecule has 0 aliphatic heterocycles. The van der Waals surface area contributed by atoms with E-state index in [0.29, 0.717) is 13.0 Å². The molecule has 1 amide bonds. The van der Waals surface area contributed by atoms with Gasteiger partial charge in [0.1, 0.15) is 0 Å². The van der Waals surface area contributed by atoms with Crippen molar-refractivity contribution in [3.63, 3.8) is 0 Å². The van der Waals surface area contributed by atoms with Gasteiger partial charge in [-0.3, -0.25) is 9.79 Å². The quantitative estimate of drug-likeness (QED) is 0.224. The molecule has 0 rings (SSSR count). The number of unbranched alkanes of at least 4 members (excludes halogenated alkanes) is 9. The lowest BCUT2D eigenvalue weighted by Crippen LogP contribution is -2.24. The summed E-state index contributed by atoms with van der Waals surface area (Å²) in [7, 11) is 0. The number of hydrogen-bond donors (Lipinski definition) is 3. The molecule has 0 bridgehead atoms. The van der Waals surface area contributed by atoms with E-state index in [4.69, 9.17) is 21.1 Å². The molecular weight excluding hydrogens is 356 g/mol. The average molecular weight is 393 g/mol. The minimum absolute atomic E-state index is 0. The lowest BCUT2D eigenvalue weighted by molar-refractivity contribution is -0.191. The molecule has 154 valence electrons. The molecule has 0 aromatic rings. The Kier molecular flexibility index (Phi) is 28.8. The third-order valence-electron chi connectivity index (χ3n) is 3.71. The predicted octanol–water partition coefficient (Wildman–Crippen LogP) is 2.92. The van der Waals surface area contributed by atoms with Crippen LogP contribution in [0.3, 0.4) is 0 Å². The Labute approximate surface area is 164 Å². The SMILES string of the molecule is CCCCCCCCCCCC(=O)NCCCCN=C(N)N.Cl.O=C=O. The van der Waals surface area contributed by atoms with E-state index in [1.807, 2.05) is 0 Å². The molecule has 0 saturated carbocycles. The van der Waals surface area contributed by atoms with Gasteiger partial charge in [-0.05, 0) is 19.3 Å². The first-order chi connectivity index (χ1) is 12.1. The number of carbonyl (C=O) groups excluding carboxylic acids is 3. The van der Waals surface area contributed by atoms with Crippen molar-refractivity contribution >= 4 is 30.4 Å². The molecule has 0 aliphatic carbocycles. The first kappa shape index (κ1) is 29.2. The monoisotopic (exact) mass is 392 g/mol. The third-order valence-corrected chi connectivity index (χ3v) is 3.71. The highest BCUT2D eigenvalue weighted by atomic mass is 35.5. The van der Waals surface area contributed by atoms with Gasteiger partial charge in [-0.15, -0.1) is 12.4 Å². The molecular formula is C18H37ClN4O3. The van der Waals surface area contributed by atoms with Crippen molar-refractivity contribution < 1.29 is 14.4 Å². The van der Waals surface area contributed by atoms with E-state index in [-0.39, 0.29) is 30.4 Å². The van der Waals surface area contributed by atoms with Gasteiger partial charge in [-0.25, -0.2) is 0 Å². The fourth-order valence-electron chi connectivity index (χ4n) is 2.36. The number of guanidine groups is 1. The number of amides is 1. The Morgan fingerprint density at radius 1 is 0.885 bits per heavy atom. The number of halogens is 1. The van der Waals surface area contributed by atoms with Gasteiger partial charge in [0.15, 0.2) is 5.96 Å². The van der Waals surface area contributed by atoms with Crippen LogP contribution in [0.15, 0.2) is 4.99 Å². The van der Waals surface area contributed by atoms with Crippen LogP contribution in [0.5, 0.6) is 0 Å². The number of rotatable bonds is 15. The minimum Gasteiger partial charge on any atom is -0.370 e.